The topological polar surface area (TPSA) is 15.3 Å². The maximum atomic E-state index is 6.38. The molecule has 0 aliphatic heterocycles. The van der Waals surface area contributed by atoms with Crippen molar-refractivity contribution in [2.45, 2.75) is 32.7 Å². The zero-order valence-electron chi connectivity index (χ0n) is 11.4. The molecule has 1 aromatic carbocycles. The van der Waals surface area contributed by atoms with E-state index in [0.29, 0.717) is 0 Å². The number of para-hydroxylation sites is 1. The molecule has 100 valence electrons. The molecule has 0 bridgehead atoms. The Bertz CT molecular complexity index is 388. The Hall–Kier alpha value is -0.730. The lowest BCUT2D eigenvalue weighted by Gasteiger charge is -2.32. The summed E-state index contributed by atoms with van der Waals surface area (Å²) < 4.78 is 0. The minimum atomic E-state index is 0.859. The third-order valence-electron chi connectivity index (χ3n) is 3.77. The molecule has 1 N–H and O–H groups in total. The van der Waals surface area contributed by atoms with E-state index in [4.69, 9.17) is 11.6 Å². The second-order valence-electron chi connectivity index (χ2n) is 5.21. The van der Waals surface area contributed by atoms with E-state index in [1.807, 2.05) is 12.1 Å². The fourth-order valence-corrected chi connectivity index (χ4v) is 2.88. The molecule has 0 radical (unpaired) electrons. The smallest absolute Gasteiger partial charge is 0.0642 e. The van der Waals surface area contributed by atoms with E-state index < -0.39 is 0 Å². The summed E-state index contributed by atoms with van der Waals surface area (Å²) in [6.07, 6.45) is 4.14. The Kier molecular flexibility index (Phi) is 4.90. The highest BCUT2D eigenvalue weighted by Gasteiger charge is 2.21. The lowest BCUT2D eigenvalue weighted by molar-refractivity contribution is 0.321. The first-order valence-electron chi connectivity index (χ1n) is 6.91. The van der Waals surface area contributed by atoms with Gasteiger partial charge in [0.15, 0.2) is 0 Å². The van der Waals surface area contributed by atoms with Crippen molar-refractivity contribution in [2.75, 3.05) is 25.0 Å². The van der Waals surface area contributed by atoms with E-state index in [1.165, 1.54) is 30.5 Å². The van der Waals surface area contributed by atoms with Crippen LogP contribution in [0.3, 0.4) is 0 Å². The fourth-order valence-electron chi connectivity index (χ4n) is 2.54. The number of hydrogen-bond acceptors (Lipinski definition) is 2. The summed E-state index contributed by atoms with van der Waals surface area (Å²) in [5.41, 5.74) is 2.50. The summed E-state index contributed by atoms with van der Waals surface area (Å²) in [6.45, 7) is 5.13. The zero-order chi connectivity index (χ0) is 13.0. The van der Waals surface area contributed by atoms with Gasteiger partial charge in [0, 0.05) is 20.1 Å². The standard InChI is InChI=1S/C15H23ClN2/c1-3-17-10-13-8-5-9-14(16)15(13)18(2)11-12-6-4-7-12/h5,8-9,12,17H,3-4,6-7,10-11H2,1-2H3. The van der Waals surface area contributed by atoms with Gasteiger partial charge in [-0.15, -0.1) is 0 Å². The number of hydrogen-bond donors (Lipinski definition) is 1. The van der Waals surface area contributed by atoms with Crippen molar-refractivity contribution in [1.82, 2.24) is 5.32 Å². The largest absolute Gasteiger partial charge is 0.373 e. The van der Waals surface area contributed by atoms with Crippen LogP contribution in [0.2, 0.25) is 5.02 Å². The van der Waals surface area contributed by atoms with Crippen LogP contribution < -0.4 is 10.2 Å². The quantitative estimate of drug-likeness (QED) is 0.845. The van der Waals surface area contributed by atoms with Crippen molar-refractivity contribution in [1.29, 1.82) is 0 Å². The van der Waals surface area contributed by atoms with Crippen molar-refractivity contribution in [3.63, 3.8) is 0 Å². The van der Waals surface area contributed by atoms with Gasteiger partial charge in [0.2, 0.25) is 0 Å². The lowest BCUT2D eigenvalue weighted by Crippen LogP contribution is -2.30. The van der Waals surface area contributed by atoms with Gasteiger partial charge >= 0.3 is 0 Å². The van der Waals surface area contributed by atoms with E-state index in [0.717, 1.165) is 30.6 Å². The SMILES string of the molecule is CCNCc1cccc(Cl)c1N(C)CC1CCC1. The van der Waals surface area contributed by atoms with Gasteiger partial charge in [0.1, 0.15) is 0 Å². The average Bonchev–Trinajstić information content (AvgIpc) is 2.31. The zero-order valence-corrected chi connectivity index (χ0v) is 12.1. The van der Waals surface area contributed by atoms with Gasteiger partial charge in [0.05, 0.1) is 10.7 Å². The summed E-state index contributed by atoms with van der Waals surface area (Å²) >= 11 is 6.38. The van der Waals surface area contributed by atoms with Crippen LogP contribution in [0.25, 0.3) is 0 Å². The van der Waals surface area contributed by atoms with Gasteiger partial charge in [-0.05, 0) is 36.9 Å². The van der Waals surface area contributed by atoms with Gasteiger partial charge in [-0.3, -0.25) is 0 Å². The van der Waals surface area contributed by atoms with Crippen LogP contribution in [-0.2, 0) is 6.54 Å². The molecular weight excluding hydrogens is 244 g/mol. The van der Waals surface area contributed by atoms with Crippen molar-refractivity contribution in [3.05, 3.63) is 28.8 Å². The number of anilines is 1. The van der Waals surface area contributed by atoms with Crippen molar-refractivity contribution in [2.24, 2.45) is 5.92 Å². The molecule has 2 nitrogen and oxygen atoms in total. The molecule has 0 aromatic heterocycles. The second-order valence-corrected chi connectivity index (χ2v) is 5.61. The van der Waals surface area contributed by atoms with Crippen molar-refractivity contribution in [3.8, 4) is 0 Å². The van der Waals surface area contributed by atoms with E-state index in [2.05, 4.69) is 30.3 Å². The Morgan fingerprint density at radius 2 is 2.17 bits per heavy atom. The Labute approximate surface area is 115 Å². The van der Waals surface area contributed by atoms with Crippen molar-refractivity contribution >= 4 is 17.3 Å². The third kappa shape index (κ3) is 3.18. The highest BCUT2D eigenvalue weighted by molar-refractivity contribution is 6.33. The molecule has 1 fully saturated rings. The van der Waals surface area contributed by atoms with Crippen molar-refractivity contribution < 1.29 is 0 Å². The van der Waals surface area contributed by atoms with Crippen LogP contribution in [0.1, 0.15) is 31.7 Å². The molecular formula is C15H23ClN2. The minimum absolute atomic E-state index is 0.859. The van der Waals surface area contributed by atoms with E-state index in [-0.39, 0.29) is 0 Å². The average molecular weight is 267 g/mol. The first kappa shape index (κ1) is 13.7. The summed E-state index contributed by atoms with van der Waals surface area (Å²) in [6, 6.07) is 6.19. The minimum Gasteiger partial charge on any atom is -0.373 e. The maximum Gasteiger partial charge on any atom is 0.0642 e. The molecule has 1 aliphatic carbocycles. The van der Waals surface area contributed by atoms with Crippen LogP contribution in [0, 0.1) is 5.92 Å². The van der Waals surface area contributed by atoms with E-state index in [9.17, 15) is 0 Å². The summed E-state index contributed by atoms with van der Waals surface area (Å²) in [4.78, 5) is 2.33. The van der Waals surface area contributed by atoms with Crippen LogP contribution in [0.15, 0.2) is 18.2 Å². The van der Waals surface area contributed by atoms with Crippen LogP contribution >= 0.6 is 11.6 Å². The molecule has 1 aromatic rings. The van der Waals surface area contributed by atoms with E-state index in [1.54, 1.807) is 0 Å². The summed E-state index contributed by atoms with van der Waals surface area (Å²) in [5.74, 6) is 0.859. The normalized spacial score (nSPS) is 15.5. The highest BCUT2D eigenvalue weighted by atomic mass is 35.5. The number of halogens is 1. The third-order valence-corrected chi connectivity index (χ3v) is 4.08. The second kappa shape index (κ2) is 6.44. The molecule has 0 unspecified atom stereocenters. The number of nitrogens with zero attached hydrogens (tertiary/aromatic N) is 1. The van der Waals surface area contributed by atoms with Crippen LogP contribution in [-0.4, -0.2) is 20.1 Å². The van der Waals surface area contributed by atoms with Gasteiger partial charge in [0.25, 0.3) is 0 Å². The summed E-state index contributed by atoms with van der Waals surface area (Å²) in [5, 5.41) is 4.25. The maximum absolute atomic E-state index is 6.38. The lowest BCUT2D eigenvalue weighted by atomic mass is 9.85. The molecule has 0 amide bonds. The molecule has 0 heterocycles. The molecule has 2 rings (SSSR count). The number of nitrogens with one attached hydrogen (secondary N) is 1. The number of rotatable bonds is 6. The number of benzene rings is 1. The molecule has 0 spiro atoms. The molecule has 1 aliphatic rings. The Morgan fingerprint density at radius 1 is 1.39 bits per heavy atom. The summed E-state index contributed by atoms with van der Waals surface area (Å²) in [7, 11) is 2.16. The molecule has 3 heteroatoms. The van der Waals surface area contributed by atoms with Gasteiger partial charge in [-0.1, -0.05) is 37.1 Å². The highest BCUT2D eigenvalue weighted by Crippen LogP contribution is 2.33. The monoisotopic (exact) mass is 266 g/mol. The Balaban J connectivity index is 2.12. The van der Waals surface area contributed by atoms with Crippen LogP contribution in [0.5, 0.6) is 0 Å². The van der Waals surface area contributed by atoms with Gasteiger partial charge in [-0.25, -0.2) is 0 Å². The van der Waals surface area contributed by atoms with Gasteiger partial charge in [-0.2, -0.15) is 0 Å². The predicted molar refractivity (Wildman–Crippen MR) is 79.4 cm³/mol. The molecule has 1 saturated carbocycles. The van der Waals surface area contributed by atoms with Gasteiger partial charge < -0.3 is 10.2 Å². The fraction of sp³-hybridized carbons (Fsp3) is 0.600. The van der Waals surface area contributed by atoms with E-state index >= 15 is 0 Å². The molecule has 0 saturated heterocycles. The first-order chi connectivity index (χ1) is 8.72. The Morgan fingerprint density at radius 3 is 2.78 bits per heavy atom. The first-order valence-corrected chi connectivity index (χ1v) is 7.29. The molecule has 0 atom stereocenters. The predicted octanol–water partition coefficient (Wildman–Crippen LogP) is 3.69. The molecule has 18 heavy (non-hydrogen) atoms. The van der Waals surface area contributed by atoms with Crippen LogP contribution in [0.4, 0.5) is 5.69 Å².